The second kappa shape index (κ2) is 14.8. The van der Waals surface area contributed by atoms with Crippen molar-refractivity contribution in [2.45, 2.75) is 43.4 Å². The van der Waals surface area contributed by atoms with Crippen molar-refractivity contribution in [2.24, 2.45) is 22.2 Å². The fourth-order valence-electron chi connectivity index (χ4n) is 2.25. The highest BCUT2D eigenvalue weighted by Gasteiger charge is 2.29. The van der Waals surface area contributed by atoms with E-state index in [1.807, 2.05) is 0 Å². The molecular weight excluding hydrogens is 450 g/mol. The van der Waals surface area contributed by atoms with E-state index in [0.29, 0.717) is 0 Å². The number of hydrogen-bond donors (Lipinski definition) is 10. The summed E-state index contributed by atoms with van der Waals surface area (Å²) in [5.74, 6) is -5.91. The molecular formula is C16H29N7O8S. The molecule has 0 aliphatic carbocycles. The van der Waals surface area contributed by atoms with Gasteiger partial charge in [0.1, 0.15) is 18.1 Å². The van der Waals surface area contributed by atoms with Gasteiger partial charge >= 0.3 is 11.9 Å². The fraction of sp³-hybridized carbons (Fsp3) is 0.625. The van der Waals surface area contributed by atoms with E-state index in [1.165, 1.54) is 0 Å². The van der Waals surface area contributed by atoms with E-state index in [4.69, 9.17) is 22.3 Å². The van der Waals surface area contributed by atoms with Crippen LogP contribution in [0.15, 0.2) is 4.99 Å². The van der Waals surface area contributed by atoms with Crippen LogP contribution in [-0.2, 0) is 24.0 Å². The summed E-state index contributed by atoms with van der Waals surface area (Å²) >= 11 is 3.95. The van der Waals surface area contributed by atoms with Crippen molar-refractivity contribution < 1.29 is 39.3 Å². The minimum absolute atomic E-state index is 0.00186. The zero-order valence-electron chi connectivity index (χ0n) is 17.1. The zero-order chi connectivity index (χ0) is 24.8. The largest absolute Gasteiger partial charge is 0.481 e. The fourth-order valence-corrected chi connectivity index (χ4v) is 2.51. The Bertz CT molecular complexity index is 717. The smallest absolute Gasteiger partial charge is 0.326 e. The van der Waals surface area contributed by atoms with Gasteiger partial charge in [0.05, 0.1) is 19.1 Å². The monoisotopic (exact) mass is 479 g/mol. The molecule has 4 unspecified atom stereocenters. The number of nitrogens with zero attached hydrogens (tertiary/aromatic N) is 1. The summed E-state index contributed by atoms with van der Waals surface area (Å²) in [7, 11) is 0. The molecule has 0 heterocycles. The van der Waals surface area contributed by atoms with Crippen molar-refractivity contribution in [1.82, 2.24) is 16.0 Å². The molecule has 0 bridgehead atoms. The standard InChI is InChI=1S/C16H29N7O8S/c17-7(4-11(25)26)12(27)22-9(5-24)13(28)23-10(6-32)14(29)21-8(15(30)31)2-1-3-20-16(18)19/h7-10,24,32H,1-6,17H2,(H,21,29)(H,22,27)(H,23,28)(H,25,26)(H,30,31)(H4,18,19,20). The SMILES string of the molecule is NC(N)=NCCCC(NC(=O)C(CS)NC(=O)C(CO)NC(=O)C(N)CC(=O)O)C(=O)O. The van der Waals surface area contributed by atoms with E-state index in [0.717, 1.165) is 0 Å². The van der Waals surface area contributed by atoms with E-state index in [9.17, 15) is 34.2 Å². The molecule has 15 nitrogen and oxygen atoms in total. The van der Waals surface area contributed by atoms with Gasteiger partial charge in [-0.2, -0.15) is 12.6 Å². The summed E-state index contributed by atoms with van der Waals surface area (Å²) in [4.78, 5) is 62.2. The van der Waals surface area contributed by atoms with Gasteiger partial charge in [-0.3, -0.25) is 24.2 Å². The zero-order valence-corrected chi connectivity index (χ0v) is 18.0. The van der Waals surface area contributed by atoms with E-state index in [1.54, 1.807) is 0 Å². The van der Waals surface area contributed by atoms with Crippen LogP contribution in [0.4, 0.5) is 0 Å². The van der Waals surface area contributed by atoms with Gasteiger partial charge in [0.25, 0.3) is 0 Å². The average Bonchev–Trinajstić information content (AvgIpc) is 2.70. The van der Waals surface area contributed by atoms with Crippen LogP contribution in [0.25, 0.3) is 0 Å². The van der Waals surface area contributed by atoms with Crippen molar-refractivity contribution >= 4 is 48.2 Å². The number of carbonyl (C=O) groups is 5. The van der Waals surface area contributed by atoms with Crippen molar-refractivity contribution in [2.75, 3.05) is 18.9 Å². The van der Waals surface area contributed by atoms with E-state index >= 15 is 0 Å². The Morgan fingerprint density at radius 2 is 1.44 bits per heavy atom. The Hall–Kier alpha value is -3.11. The van der Waals surface area contributed by atoms with Gasteiger partial charge in [-0.15, -0.1) is 0 Å². The number of hydrogen-bond acceptors (Lipinski definition) is 9. The molecule has 3 amide bonds. The summed E-state index contributed by atoms with van der Waals surface area (Å²) in [6, 6.07) is -5.59. The Morgan fingerprint density at radius 1 is 0.906 bits per heavy atom. The molecule has 0 rings (SSSR count). The Balaban J connectivity index is 4.97. The Morgan fingerprint density at radius 3 is 1.91 bits per heavy atom. The second-order valence-electron chi connectivity index (χ2n) is 6.54. The van der Waals surface area contributed by atoms with E-state index in [2.05, 4.69) is 33.6 Å². The van der Waals surface area contributed by atoms with Gasteiger partial charge in [0.15, 0.2) is 5.96 Å². The molecule has 0 radical (unpaired) electrons. The number of aliphatic carboxylic acids is 2. The van der Waals surface area contributed by atoms with Crippen molar-refractivity contribution in [3.8, 4) is 0 Å². The third kappa shape index (κ3) is 11.3. The lowest BCUT2D eigenvalue weighted by Gasteiger charge is -2.23. The van der Waals surface area contributed by atoms with Crippen molar-refractivity contribution in [1.29, 1.82) is 0 Å². The second-order valence-corrected chi connectivity index (χ2v) is 6.91. The van der Waals surface area contributed by atoms with Crippen molar-refractivity contribution in [3.05, 3.63) is 0 Å². The first-order chi connectivity index (χ1) is 14.9. The third-order valence-corrected chi connectivity index (χ3v) is 4.29. The molecule has 182 valence electrons. The Kier molecular flexibility index (Phi) is 13.4. The van der Waals surface area contributed by atoms with Gasteiger partial charge in [-0.05, 0) is 12.8 Å². The quantitative estimate of drug-likeness (QED) is 0.0461. The number of nitrogens with one attached hydrogen (secondary N) is 3. The van der Waals surface area contributed by atoms with Crippen LogP contribution in [0.1, 0.15) is 19.3 Å². The molecule has 0 aromatic heterocycles. The first-order valence-corrected chi connectivity index (χ1v) is 9.94. The number of amides is 3. The maximum atomic E-state index is 12.4. The van der Waals surface area contributed by atoms with Crippen LogP contribution in [0.2, 0.25) is 0 Å². The minimum Gasteiger partial charge on any atom is -0.481 e. The highest BCUT2D eigenvalue weighted by molar-refractivity contribution is 7.80. The van der Waals surface area contributed by atoms with Gasteiger partial charge < -0.3 is 48.5 Å². The molecule has 12 N–H and O–H groups in total. The molecule has 16 heteroatoms. The molecule has 32 heavy (non-hydrogen) atoms. The average molecular weight is 480 g/mol. The number of rotatable bonds is 15. The van der Waals surface area contributed by atoms with Gasteiger partial charge in [-0.25, -0.2) is 4.79 Å². The maximum absolute atomic E-state index is 12.4. The lowest BCUT2D eigenvalue weighted by atomic mass is 10.1. The number of carboxylic acid groups (broad SMARTS) is 2. The number of carboxylic acids is 2. The molecule has 0 aromatic rings. The summed E-state index contributed by atoms with van der Waals surface area (Å²) in [6.07, 6.45) is -0.447. The van der Waals surface area contributed by atoms with Crippen LogP contribution in [-0.4, -0.2) is 94.0 Å². The molecule has 0 saturated carbocycles. The molecule has 4 atom stereocenters. The van der Waals surface area contributed by atoms with Gasteiger partial charge in [-0.1, -0.05) is 0 Å². The molecule has 0 saturated heterocycles. The number of aliphatic hydroxyl groups is 1. The number of nitrogens with two attached hydrogens (primary N) is 3. The summed E-state index contributed by atoms with van der Waals surface area (Å²) < 4.78 is 0. The number of aliphatic hydroxyl groups excluding tert-OH is 1. The number of thiol groups is 1. The maximum Gasteiger partial charge on any atom is 0.326 e. The lowest BCUT2D eigenvalue weighted by Crippen LogP contribution is -2.58. The highest BCUT2D eigenvalue weighted by atomic mass is 32.1. The third-order valence-electron chi connectivity index (χ3n) is 3.92. The van der Waals surface area contributed by atoms with Crippen LogP contribution in [0.5, 0.6) is 0 Å². The first kappa shape index (κ1) is 28.9. The summed E-state index contributed by atoms with van der Waals surface area (Å²) in [5, 5.41) is 33.8. The van der Waals surface area contributed by atoms with Gasteiger partial charge in [0, 0.05) is 12.3 Å². The summed E-state index contributed by atoms with van der Waals surface area (Å²) in [5.41, 5.74) is 15.7. The van der Waals surface area contributed by atoms with Crippen molar-refractivity contribution in [3.63, 3.8) is 0 Å². The molecule has 0 aromatic carbocycles. The van der Waals surface area contributed by atoms with Crippen LogP contribution < -0.4 is 33.2 Å². The molecule has 0 aliphatic heterocycles. The van der Waals surface area contributed by atoms with E-state index in [-0.39, 0.29) is 31.1 Å². The summed E-state index contributed by atoms with van der Waals surface area (Å²) in [6.45, 7) is -0.725. The molecule has 0 aliphatic rings. The Labute approximate surface area is 188 Å². The van der Waals surface area contributed by atoms with Crippen LogP contribution >= 0.6 is 12.6 Å². The number of guanidine groups is 1. The normalized spacial score (nSPS) is 14.2. The van der Waals surface area contributed by atoms with Crippen LogP contribution in [0, 0.1) is 0 Å². The molecule has 0 spiro atoms. The lowest BCUT2D eigenvalue weighted by molar-refractivity contribution is -0.142. The highest BCUT2D eigenvalue weighted by Crippen LogP contribution is 2.01. The minimum atomic E-state index is -1.53. The van der Waals surface area contributed by atoms with Gasteiger partial charge in [0.2, 0.25) is 17.7 Å². The molecule has 0 fully saturated rings. The number of aliphatic imine (C=N–C) groups is 1. The first-order valence-electron chi connectivity index (χ1n) is 9.31. The predicted octanol–water partition coefficient (Wildman–Crippen LogP) is -4.70. The topological polar surface area (TPSA) is 273 Å². The van der Waals surface area contributed by atoms with Crippen LogP contribution in [0.3, 0.4) is 0 Å². The van der Waals surface area contributed by atoms with E-state index < -0.39 is 66.9 Å². The predicted molar refractivity (Wildman–Crippen MR) is 115 cm³/mol. The number of carbonyl (C=O) groups excluding carboxylic acids is 3.